The number of aromatic amines is 1. The van der Waals surface area contributed by atoms with E-state index < -0.39 is 0 Å². The van der Waals surface area contributed by atoms with E-state index in [0.717, 1.165) is 16.5 Å². The molecule has 0 fully saturated rings. The van der Waals surface area contributed by atoms with Crippen molar-refractivity contribution in [3.8, 4) is 0 Å². The van der Waals surface area contributed by atoms with Crippen molar-refractivity contribution in [3.05, 3.63) is 112 Å². The first kappa shape index (κ1) is 17.7. The largest absolute Gasteiger partial charge is 0.330 e. The lowest BCUT2D eigenvalue weighted by Crippen LogP contribution is -2.32. The van der Waals surface area contributed by atoms with Crippen LogP contribution in [0.2, 0.25) is 0 Å². The molecule has 0 aliphatic carbocycles. The van der Waals surface area contributed by atoms with Crippen LogP contribution in [0, 0.1) is 0 Å². The van der Waals surface area contributed by atoms with E-state index in [-0.39, 0.29) is 18.0 Å². The fourth-order valence-corrected chi connectivity index (χ4v) is 3.19. The second-order valence-corrected chi connectivity index (χ2v) is 6.60. The first-order valence-electron chi connectivity index (χ1n) is 9.05. The quantitative estimate of drug-likeness (QED) is 0.582. The van der Waals surface area contributed by atoms with E-state index in [1.54, 1.807) is 29.4 Å². The van der Waals surface area contributed by atoms with Gasteiger partial charge in [-0.3, -0.25) is 14.6 Å². The van der Waals surface area contributed by atoms with Crippen molar-refractivity contribution < 1.29 is 4.79 Å². The maximum Gasteiger partial charge on any atom is 0.256 e. The van der Waals surface area contributed by atoms with Gasteiger partial charge in [0, 0.05) is 30.0 Å². The van der Waals surface area contributed by atoms with Gasteiger partial charge in [-0.1, -0.05) is 48.5 Å². The molecule has 0 unspecified atom stereocenters. The summed E-state index contributed by atoms with van der Waals surface area (Å²) in [5, 5.41) is 0.936. The van der Waals surface area contributed by atoms with Crippen molar-refractivity contribution in [2.24, 2.45) is 0 Å². The first-order chi connectivity index (χ1) is 13.7. The minimum absolute atomic E-state index is 0.162. The Morgan fingerprint density at radius 2 is 1.71 bits per heavy atom. The van der Waals surface area contributed by atoms with Crippen LogP contribution in [-0.2, 0) is 13.1 Å². The topological polar surface area (TPSA) is 66.1 Å². The molecule has 0 saturated heterocycles. The summed E-state index contributed by atoms with van der Waals surface area (Å²) < 4.78 is 0. The number of hydrogen-bond acceptors (Lipinski definition) is 3. The molecule has 0 spiro atoms. The number of amides is 1. The number of carbonyl (C=O) groups excluding carboxylic acids is 1. The Morgan fingerprint density at radius 1 is 0.929 bits per heavy atom. The smallest absolute Gasteiger partial charge is 0.256 e. The number of nitrogens with zero attached hydrogens (tertiary/aromatic N) is 2. The molecule has 0 aliphatic rings. The molecule has 0 radical (unpaired) electrons. The van der Waals surface area contributed by atoms with E-state index in [1.165, 1.54) is 0 Å². The predicted molar refractivity (Wildman–Crippen MR) is 109 cm³/mol. The zero-order valence-electron chi connectivity index (χ0n) is 15.2. The second-order valence-electron chi connectivity index (χ2n) is 6.60. The maximum absolute atomic E-state index is 13.1. The summed E-state index contributed by atoms with van der Waals surface area (Å²) in [5.41, 5.74) is 2.64. The van der Waals surface area contributed by atoms with Crippen molar-refractivity contribution >= 4 is 16.8 Å². The molecule has 28 heavy (non-hydrogen) atoms. The molecular weight excluding hydrogens is 350 g/mol. The molecule has 5 heteroatoms. The lowest BCUT2D eigenvalue weighted by molar-refractivity contribution is 0.0729. The average molecular weight is 369 g/mol. The van der Waals surface area contributed by atoms with Gasteiger partial charge >= 0.3 is 0 Å². The highest BCUT2D eigenvalue weighted by molar-refractivity contribution is 5.93. The van der Waals surface area contributed by atoms with Gasteiger partial charge in [-0.2, -0.15) is 0 Å². The zero-order valence-corrected chi connectivity index (χ0v) is 15.2. The third-order valence-corrected chi connectivity index (χ3v) is 4.60. The van der Waals surface area contributed by atoms with Crippen LogP contribution in [0.3, 0.4) is 0 Å². The number of carbonyl (C=O) groups is 1. The Bertz CT molecular complexity index is 1150. The predicted octanol–water partition coefficient (Wildman–Crippen LogP) is 3.77. The summed E-state index contributed by atoms with van der Waals surface area (Å²) in [6.45, 7) is 0.615. The van der Waals surface area contributed by atoms with Crippen LogP contribution in [-0.4, -0.2) is 20.8 Å². The number of hydrogen-bond donors (Lipinski definition) is 1. The molecule has 138 valence electrons. The molecule has 1 amide bonds. The Hall–Kier alpha value is -3.73. The van der Waals surface area contributed by atoms with Crippen LogP contribution in [0.5, 0.6) is 0 Å². The Labute approximate surface area is 162 Å². The van der Waals surface area contributed by atoms with Crippen LogP contribution in [0.25, 0.3) is 10.9 Å². The molecule has 2 heterocycles. The summed E-state index contributed by atoms with van der Waals surface area (Å²) in [6.07, 6.45) is 3.18. The standard InChI is InChI=1S/C23H19N3O2/c27-22-20(13-18-9-4-5-11-21(18)25-22)16-26(15-17-7-2-1-3-8-17)23(28)19-10-6-12-24-14-19/h1-14H,15-16H2,(H,25,27). The number of para-hydroxylation sites is 1. The zero-order chi connectivity index (χ0) is 19.3. The third kappa shape index (κ3) is 3.83. The van der Waals surface area contributed by atoms with Gasteiger partial charge in [0.25, 0.3) is 11.5 Å². The van der Waals surface area contributed by atoms with Crippen molar-refractivity contribution in [1.29, 1.82) is 0 Å². The van der Waals surface area contributed by atoms with Crippen molar-refractivity contribution in [3.63, 3.8) is 0 Å². The van der Waals surface area contributed by atoms with E-state index >= 15 is 0 Å². The van der Waals surface area contributed by atoms with Crippen molar-refractivity contribution in [2.45, 2.75) is 13.1 Å². The van der Waals surface area contributed by atoms with Crippen LogP contribution < -0.4 is 5.56 Å². The number of fused-ring (bicyclic) bond motifs is 1. The van der Waals surface area contributed by atoms with Gasteiger partial charge in [-0.05, 0) is 35.2 Å². The van der Waals surface area contributed by atoms with E-state index in [4.69, 9.17) is 0 Å². The van der Waals surface area contributed by atoms with Gasteiger partial charge < -0.3 is 9.88 Å². The summed E-state index contributed by atoms with van der Waals surface area (Å²) in [4.78, 5) is 34.3. The van der Waals surface area contributed by atoms with Crippen LogP contribution >= 0.6 is 0 Å². The number of benzene rings is 2. The molecule has 0 bridgehead atoms. The number of H-pyrrole nitrogens is 1. The van der Waals surface area contributed by atoms with Gasteiger partial charge in [0.2, 0.25) is 0 Å². The normalized spacial score (nSPS) is 10.7. The Morgan fingerprint density at radius 3 is 2.50 bits per heavy atom. The minimum atomic E-state index is -0.184. The van der Waals surface area contributed by atoms with E-state index in [0.29, 0.717) is 17.7 Å². The lowest BCUT2D eigenvalue weighted by Gasteiger charge is -2.23. The molecule has 0 saturated carbocycles. The molecule has 5 nitrogen and oxygen atoms in total. The van der Waals surface area contributed by atoms with Crippen LogP contribution in [0.15, 0.2) is 90.0 Å². The SMILES string of the molecule is O=C(c1cccnc1)N(Cc1ccccc1)Cc1cc2ccccc2[nH]c1=O. The molecule has 4 aromatic rings. The molecule has 4 rings (SSSR count). The fraction of sp³-hybridized carbons (Fsp3) is 0.0870. The lowest BCUT2D eigenvalue weighted by atomic mass is 10.1. The highest BCUT2D eigenvalue weighted by Crippen LogP contribution is 2.15. The second kappa shape index (κ2) is 7.88. The van der Waals surface area contributed by atoms with Crippen molar-refractivity contribution in [1.82, 2.24) is 14.9 Å². The molecule has 2 aromatic carbocycles. The molecule has 0 atom stereocenters. The maximum atomic E-state index is 13.1. The van der Waals surface area contributed by atoms with Gasteiger partial charge in [-0.25, -0.2) is 0 Å². The molecular formula is C23H19N3O2. The summed E-state index contributed by atoms with van der Waals surface area (Å²) >= 11 is 0. The number of rotatable bonds is 5. The third-order valence-electron chi connectivity index (χ3n) is 4.60. The molecule has 2 aromatic heterocycles. The van der Waals surface area contributed by atoms with E-state index in [9.17, 15) is 9.59 Å². The Balaban J connectivity index is 1.70. The highest BCUT2D eigenvalue weighted by Gasteiger charge is 2.18. The summed E-state index contributed by atoms with van der Waals surface area (Å²) in [7, 11) is 0. The van der Waals surface area contributed by atoms with Crippen LogP contribution in [0.4, 0.5) is 0 Å². The van der Waals surface area contributed by atoms with Crippen LogP contribution in [0.1, 0.15) is 21.5 Å². The number of aromatic nitrogens is 2. The Kier molecular flexibility index (Phi) is 4.97. The molecule has 0 aliphatic heterocycles. The van der Waals surface area contributed by atoms with E-state index in [1.807, 2.05) is 60.7 Å². The van der Waals surface area contributed by atoms with Gasteiger partial charge in [0.1, 0.15) is 0 Å². The first-order valence-corrected chi connectivity index (χ1v) is 9.05. The average Bonchev–Trinajstić information content (AvgIpc) is 2.74. The van der Waals surface area contributed by atoms with Crippen molar-refractivity contribution in [2.75, 3.05) is 0 Å². The monoisotopic (exact) mass is 369 g/mol. The summed E-state index contributed by atoms with van der Waals surface area (Å²) in [5.74, 6) is -0.162. The van der Waals surface area contributed by atoms with Gasteiger partial charge in [-0.15, -0.1) is 0 Å². The van der Waals surface area contributed by atoms with E-state index in [2.05, 4.69) is 9.97 Å². The molecule has 1 N–H and O–H groups in total. The minimum Gasteiger partial charge on any atom is -0.330 e. The fourth-order valence-electron chi connectivity index (χ4n) is 3.19. The van der Waals surface area contributed by atoms with Gasteiger partial charge in [0.05, 0.1) is 12.1 Å². The summed E-state index contributed by atoms with van der Waals surface area (Å²) in [6, 6.07) is 22.7. The van der Waals surface area contributed by atoms with Gasteiger partial charge in [0.15, 0.2) is 0 Å². The highest BCUT2D eigenvalue weighted by atomic mass is 16.2. The number of pyridine rings is 2. The number of nitrogens with one attached hydrogen (secondary N) is 1.